The molecular formula is C10H17NO2S. The van der Waals surface area contributed by atoms with Crippen molar-refractivity contribution in [1.82, 2.24) is 4.98 Å². The van der Waals surface area contributed by atoms with Gasteiger partial charge in [0.2, 0.25) is 0 Å². The second-order valence-electron chi connectivity index (χ2n) is 3.76. The molecule has 1 unspecified atom stereocenters. The molecule has 14 heavy (non-hydrogen) atoms. The highest BCUT2D eigenvalue weighted by atomic mass is 32.2. The third-order valence-corrected chi connectivity index (χ3v) is 3.46. The van der Waals surface area contributed by atoms with Gasteiger partial charge in [-0.1, -0.05) is 18.7 Å². The van der Waals surface area contributed by atoms with Crippen LogP contribution in [0.25, 0.3) is 0 Å². The first-order valence-corrected chi connectivity index (χ1v) is 5.72. The molecule has 0 bridgehead atoms. The third-order valence-electron chi connectivity index (χ3n) is 2.28. The largest absolute Gasteiger partial charge is 0.437 e. The number of hydrogen-bond acceptors (Lipinski definition) is 4. The quantitative estimate of drug-likeness (QED) is 0.784. The topological polar surface area (TPSA) is 46.3 Å². The van der Waals surface area contributed by atoms with Crippen molar-refractivity contribution in [2.24, 2.45) is 0 Å². The number of aliphatic hydroxyl groups is 1. The minimum Gasteiger partial charge on any atom is -0.437 e. The van der Waals surface area contributed by atoms with Crippen molar-refractivity contribution < 1.29 is 9.52 Å². The van der Waals surface area contributed by atoms with Crippen LogP contribution in [-0.4, -0.2) is 21.4 Å². The minimum absolute atomic E-state index is 0.614. The summed E-state index contributed by atoms with van der Waals surface area (Å²) in [7, 11) is 0. The van der Waals surface area contributed by atoms with Gasteiger partial charge in [-0.25, -0.2) is 4.98 Å². The number of rotatable bonds is 4. The summed E-state index contributed by atoms with van der Waals surface area (Å²) >= 11 is 1.46. The van der Waals surface area contributed by atoms with Gasteiger partial charge in [0.15, 0.2) is 0 Å². The second kappa shape index (κ2) is 4.36. The molecule has 0 aliphatic carbocycles. The molecular weight excluding hydrogens is 198 g/mol. The molecule has 0 spiro atoms. The highest BCUT2D eigenvalue weighted by Gasteiger charge is 2.19. The smallest absolute Gasteiger partial charge is 0.256 e. The molecule has 0 aliphatic heterocycles. The highest BCUT2D eigenvalue weighted by molar-refractivity contribution is 7.99. The van der Waals surface area contributed by atoms with E-state index >= 15 is 0 Å². The molecule has 0 amide bonds. The lowest BCUT2D eigenvalue weighted by atomic mass is 10.1. The van der Waals surface area contributed by atoms with E-state index in [-0.39, 0.29) is 0 Å². The SMILES string of the molecule is CCC(C)(O)CSc1nc(C)c(C)o1. The van der Waals surface area contributed by atoms with Gasteiger partial charge in [-0.15, -0.1) is 0 Å². The molecule has 1 atom stereocenters. The number of thioether (sulfide) groups is 1. The number of aromatic nitrogens is 1. The number of nitrogens with zero attached hydrogens (tertiary/aromatic N) is 1. The van der Waals surface area contributed by atoms with Crippen LogP contribution >= 0.6 is 11.8 Å². The van der Waals surface area contributed by atoms with Crippen LogP contribution in [0.4, 0.5) is 0 Å². The highest BCUT2D eigenvalue weighted by Crippen LogP contribution is 2.25. The standard InChI is InChI=1S/C10H17NO2S/c1-5-10(4,12)6-14-9-11-7(2)8(3)13-9/h12H,5-6H2,1-4H3. The second-order valence-corrected chi connectivity index (χ2v) is 4.69. The van der Waals surface area contributed by atoms with Crippen LogP contribution in [0.5, 0.6) is 0 Å². The first-order valence-electron chi connectivity index (χ1n) is 4.74. The fourth-order valence-corrected chi connectivity index (χ4v) is 1.85. The minimum atomic E-state index is -0.638. The van der Waals surface area contributed by atoms with Gasteiger partial charge in [0.25, 0.3) is 5.22 Å². The number of oxazole rings is 1. The Morgan fingerprint density at radius 3 is 2.57 bits per heavy atom. The van der Waals surface area contributed by atoms with E-state index in [4.69, 9.17) is 4.42 Å². The van der Waals surface area contributed by atoms with Crippen molar-refractivity contribution in [3.8, 4) is 0 Å². The molecule has 0 fully saturated rings. The first kappa shape index (κ1) is 11.6. The summed E-state index contributed by atoms with van der Waals surface area (Å²) in [4.78, 5) is 4.23. The van der Waals surface area contributed by atoms with Gasteiger partial charge in [-0.3, -0.25) is 0 Å². The Labute approximate surface area is 88.9 Å². The molecule has 80 valence electrons. The maximum absolute atomic E-state index is 9.77. The molecule has 4 heteroatoms. The van der Waals surface area contributed by atoms with E-state index in [1.54, 1.807) is 0 Å². The summed E-state index contributed by atoms with van der Waals surface area (Å²) < 4.78 is 5.39. The van der Waals surface area contributed by atoms with Gasteiger partial charge in [-0.05, 0) is 27.2 Å². The summed E-state index contributed by atoms with van der Waals surface area (Å²) in [6.07, 6.45) is 0.735. The molecule has 0 aromatic carbocycles. The zero-order chi connectivity index (χ0) is 10.8. The van der Waals surface area contributed by atoms with Gasteiger partial charge < -0.3 is 9.52 Å². The lowest BCUT2D eigenvalue weighted by molar-refractivity contribution is 0.0813. The Kier molecular flexibility index (Phi) is 3.61. The summed E-state index contributed by atoms with van der Waals surface area (Å²) in [6, 6.07) is 0. The predicted molar refractivity (Wildman–Crippen MR) is 57.6 cm³/mol. The van der Waals surface area contributed by atoms with Crippen molar-refractivity contribution >= 4 is 11.8 Å². The zero-order valence-electron chi connectivity index (χ0n) is 9.13. The Morgan fingerprint density at radius 2 is 2.14 bits per heavy atom. The molecule has 1 aromatic rings. The van der Waals surface area contributed by atoms with E-state index in [2.05, 4.69) is 4.98 Å². The zero-order valence-corrected chi connectivity index (χ0v) is 9.94. The molecule has 1 heterocycles. The maximum atomic E-state index is 9.77. The monoisotopic (exact) mass is 215 g/mol. The Bertz CT molecular complexity index is 288. The first-order chi connectivity index (χ1) is 6.44. The average molecular weight is 215 g/mol. The van der Waals surface area contributed by atoms with E-state index in [1.807, 2.05) is 27.7 Å². The van der Waals surface area contributed by atoms with Gasteiger partial charge in [0.05, 0.1) is 11.3 Å². The summed E-state index contributed by atoms with van der Waals surface area (Å²) in [6.45, 7) is 7.60. The van der Waals surface area contributed by atoms with Crippen LogP contribution in [0, 0.1) is 13.8 Å². The Balaban J connectivity index is 2.54. The molecule has 0 saturated carbocycles. The maximum Gasteiger partial charge on any atom is 0.256 e. The van der Waals surface area contributed by atoms with Gasteiger partial charge in [-0.2, -0.15) is 0 Å². The van der Waals surface area contributed by atoms with Crippen LogP contribution in [-0.2, 0) is 0 Å². The van der Waals surface area contributed by atoms with Crippen LogP contribution < -0.4 is 0 Å². The van der Waals surface area contributed by atoms with Gasteiger partial charge in [0, 0.05) is 5.75 Å². The van der Waals surface area contributed by atoms with Crippen molar-refractivity contribution in [2.45, 2.75) is 44.9 Å². The Morgan fingerprint density at radius 1 is 1.50 bits per heavy atom. The third kappa shape index (κ3) is 3.03. The average Bonchev–Trinajstić information content (AvgIpc) is 2.44. The van der Waals surface area contributed by atoms with Crippen LogP contribution in [0.3, 0.4) is 0 Å². The number of aryl methyl sites for hydroxylation is 2. The molecule has 1 rings (SSSR count). The molecule has 3 nitrogen and oxygen atoms in total. The summed E-state index contributed by atoms with van der Waals surface area (Å²) in [5.74, 6) is 1.46. The fourth-order valence-electron chi connectivity index (χ4n) is 0.824. The van der Waals surface area contributed by atoms with Crippen molar-refractivity contribution in [2.75, 3.05) is 5.75 Å². The summed E-state index contributed by atoms with van der Waals surface area (Å²) in [5.41, 5.74) is 0.282. The predicted octanol–water partition coefficient (Wildman–Crippen LogP) is 2.54. The van der Waals surface area contributed by atoms with Crippen molar-refractivity contribution in [3.05, 3.63) is 11.5 Å². The van der Waals surface area contributed by atoms with E-state index < -0.39 is 5.60 Å². The molecule has 1 N–H and O–H groups in total. The molecule has 0 aliphatic rings. The van der Waals surface area contributed by atoms with E-state index in [9.17, 15) is 5.11 Å². The van der Waals surface area contributed by atoms with Crippen LogP contribution in [0.2, 0.25) is 0 Å². The van der Waals surface area contributed by atoms with Gasteiger partial charge in [0.1, 0.15) is 5.76 Å². The van der Waals surface area contributed by atoms with Crippen LogP contribution in [0.15, 0.2) is 9.64 Å². The Hall–Kier alpha value is -0.480. The van der Waals surface area contributed by atoms with E-state index in [1.165, 1.54) is 11.8 Å². The lowest BCUT2D eigenvalue weighted by Gasteiger charge is -2.19. The van der Waals surface area contributed by atoms with Crippen molar-refractivity contribution in [3.63, 3.8) is 0 Å². The lowest BCUT2D eigenvalue weighted by Crippen LogP contribution is -2.25. The molecule has 0 radical (unpaired) electrons. The van der Waals surface area contributed by atoms with Crippen LogP contribution in [0.1, 0.15) is 31.7 Å². The van der Waals surface area contributed by atoms with Crippen molar-refractivity contribution in [1.29, 1.82) is 0 Å². The molecule has 1 aromatic heterocycles. The number of hydrogen-bond donors (Lipinski definition) is 1. The van der Waals surface area contributed by atoms with Gasteiger partial charge >= 0.3 is 0 Å². The molecule has 0 saturated heterocycles. The summed E-state index contributed by atoms with van der Waals surface area (Å²) in [5, 5.41) is 10.4. The fraction of sp³-hybridized carbons (Fsp3) is 0.700. The normalized spacial score (nSPS) is 15.5. The van der Waals surface area contributed by atoms with E-state index in [0.717, 1.165) is 17.9 Å². The van der Waals surface area contributed by atoms with E-state index in [0.29, 0.717) is 11.0 Å².